The molecule has 0 atom stereocenters. The predicted octanol–water partition coefficient (Wildman–Crippen LogP) is 3.11. The third-order valence-electron chi connectivity index (χ3n) is 3.49. The van der Waals surface area contributed by atoms with Crippen LogP contribution in [0, 0.1) is 11.3 Å². The van der Waals surface area contributed by atoms with Crippen molar-refractivity contribution in [2.75, 3.05) is 11.9 Å². The molecule has 0 heterocycles. The number of aromatic carboxylic acids is 1. The van der Waals surface area contributed by atoms with Crippen molar-refractivity contribution in [3.8, 4) is 6.07 Å². The highest BCUT2D eigenvalue weighted by Crippen LogP contribution is 2.14. The molecule has 27 heavy (non-hydrogen) atoms. The van der Waals surface area contributed by atoms with Crippen molar-refractivity contribution in [1.29, 1.82) is 5.26 Å². The Morgan fingerprint density at radius 3 is 2.19 bits per heavy atom. The second kappa shape index (κ2) is 8.97. The lowest BCUT2D eigenvalue weighted by Crippen LogP contribution is -2.13. The van der Waals surface area contributed by atoms with Crippen LogP contribution in [0.4, 0.5) is 5.69 Å². The molecule has 136 valence electrons. The number of amides is 1. The standard InChI is InChI=1S/C20H16N2O5/c1-2-27-20(26)15-7-9-17(10-8-15)22-18(23)16(12-21)11-13-3-5-14(6-4-13)19(24)25/h3-11H,2H2,1H3,(H,22,23)(H,24,25)/b16-11-. The van der Waals surface area contributed by atoms with Gasteiger partial charge in [0.05, 0.1) is 17.7 Å². The summed E-state index contributed by atoms with van der Waals surface area (Å²) >= 11 is 0. The number of carbonyl (C=O) groups excluding carboxylic acids is 2. The number of benzene rings is 2. The summed E-state index contributed by atoms with van der Waals surface area (Å²) in [5.74, 6) is -2.14. The van der Waals surface area contributed by atoms with Gasteiger partial charge in [-0.2, -0.15) is 5.26 Å². The Kier molecular flexibility index (Phi) is 6.44. The second-order valence-electron chi connectivity index (χ2n) is 5.35. The van der Waals surface area contributed by atoms with E-state index in [0.717, 1.165) is 0 Å². The number of rotatable bonds is 6. The minimum Gasteiger partial charge on any atom is -0.478 e. The topological polar surface area (TPSA) is 116 Å². The maximum atomic E-state index is 12.3. The third kappa shape index (κ3) is 5.28. The lowest BCUT2D eigenvalue weighted by molar-refractivity contribution is -0.112. The number of hydrogen-bond donors (Lipinski definition) is 2. The van der Waals surface area contributed by atoms with E-state index in [-0.39, 0.29) is 17.7 Å². The molecule has 7 nitrogen and oxygen atoms in total. The molecule has 1 amide bonds. The SMILES string of the molecule is CCOC(=O)c1ccc(NC(=O)/C(C#N)=C\c2ccc(C(=O)O)cc2)cc1. The van der Waals surface area contributed by atoms with Gasteiger partial charge in [0.25, 0.3) is 5.91 Å². The summed E-state index contributed by atoms with van der Waals surface area (Å²) < 4.78 is 4.88. The highest BCUT2D eigenvalue weighted by Gasteiger charge is 2.11. The van der Waals surface area contributed by atoms with Gasteiger partial charge in [0.1, 0.15) is 11.6 Å². The molecule has 7 heteroatoms. The van der Waals surface area contributed by atoms with Gasteiger partial charge in [0, 0.05) is 5.69 Å². The van der Waals surface area contributed by atoms with Crippen molar-refractivity contribution >= 4 is 29.6 Å². The summed E-state index contributed by atoms with van der Waals surface area (Å²) in [5.41, 5.74) is 1.24. The van der Waals surface area contributed by atoms with Gasteiger partial charge in [-0.25, -0.2) is 9.59 Å². The molecule has 2 rings (SSSR count). The smallest absolute Gasteiger partial charge is 0.338 e. The number of anilines is 1. The van der Waals surface area contributed by atoms with E-state index in [9.17, 15) is 19.6 Å². The van der Waals surface area contributed by atoms with Crippen LogP contribution in [0.25, 0.3) is 6.08 Å². The Hall–Kier alpha value is -3.92. The van der Waals surface area contributed by atoms with Crippen LogP contribution in [0.15, 0.2) is 54.1 Å². The van der Waals surface area contributed by atoms with Crippen molar-refractivity contribution in [1.82, 2.24) is 0 Å². The van der Waals surface area contributed by atoms with Crippen LogP contribution in [0.2, 0.25) is 0 Å². The summed E-state index contributed by atoms with van der Waals surface area (Å²) in [5, 5.41) is 20.7. The summed E-state index contributed by atoms with van der Waals surface area (Å²) in [6, 6.07) is 13.7. The van der Waals surface area contributed by atoms with Crippen LogP contribution in [0.3, 0.4) is 0 Å². The van der Waals surface area contributed by atoms with Crippen molar-refractivity contribution < 1.29 is 24.2 Å². The number of carboxylic acid groups (broad SMARTS) is 1. The molecule has 0 aliphatic heterocycles. The molecular formula is C20H16N2O5. The summed E-state index contributed by atoms with van der Waals surface area (Å²) in [7, 11) is 0. The molecule has 2 N–H and O–H groups in total. The van der Waals surface area contributed by atoms with E-state index in [1.807, 2.05) is 6.07 Å². The first-order valence-electron chi connectivity index (χ1n) is 7.98. The first-order chi connectivity index (χ1) is 12.9. The van der Waals surface area contributed by atoms with Gasteiger partial charge < -0.3 is 15.2 Å². The highest BCUT2D eigenvalue weighted by molar-refractivity contribution is 6.09. The number of nitrogens with one attached hydrogen (secondary N) is 1. The van der Waals surface area contributed by atoms with Crippen LogP contribution in [0.1, 0.15) is 33.2 Å². The van der Waals surface area contributed by atoms with Crippen molar-refractivity contribution in [2.24, 2.45) is 0 Å². The van der Waals surface area contributed by atoms with Crippen LogP contribution >= 0.6 is 0 Å². The molecule has 0 spiro atoms. The Morgan fingerprint density at radius 1 is 1.07 bits per heavy atom. The Balaban J connectivity index is 2.11. The van der Waals surface area contributed by atoms with Crippen LogP contribution in [0.5, 0.6) is 0 Å². The Labute approximate surface area is 155 Å². The van der Waals surface area contributed by atoms with E-state index >= 15 is 0 Å². The monoisotopic (exact) mass is 364 g/mol. The number of esters is 1. The number of nitriles is 1. The van der Waals surface area contributed by atoms with E-state index < -0.39 is 17.8 Å². The molecule has 0 unspecified atom stereocenters. The number of carbonyl (C=O) groups is 3. The van der Waals surface area contributed by atoms with Crippen molar-refractivity contribution in [3.05, 3.63) is 70.8 Å². The second-order valence-corrected chi connectivity index (χ2v) is 5.35. The molecule has 0 bridgehead atoms. The normalized spacial score (nSPS) is 10.6. The van der Waals surface area contributed by atoms with Crippen LogP contribution in [-0.2, 0) is 9.53 Å². The molecule has 0 saturated heterocycles. The van der Waals surface area contributed by atoms with Gasteiger partial charge in [-0.3, -0.25) is 4.79 Å². The lowest BCUT2D eigenvalue weighted by atomic mass is 10.1. The van der Waals surface area contributed by atoms with Gasteiger partial charge in [-0.05, 0) is 55.0 Å². The summed E-state index contributed by atoms with van der Waals surface area (Å²) in [4.78, 5) is 34.7. The van der Waals surface area contributed by atoms with E-state index in [1.54, 1.807) is 6.92 Å². The number of carboxylic acids is 1. The number of nitrogens with zero attached hydrogens (tertiary/aromatic N) is 1. The van der Waals surface area contributed by atoms with E-state index in [0.29, 0.717) is 16.8 Å². The first-order valence-corrected chi connectivity index (χ1v) is 7.98. The molecule has 0 aliphatic rings. The minimum atomic E-state index is -1.06. The quantitative estimate of drug-likeness (QED) is 0.462. The van der Waals surface area contributed by atoms with Gasteiger partial charge in [-0.15, -0.1) is 0 Å². The van der Waals surface area contributed by atoms with Crippen molar-refractivity contribution in [2.45, 2.75) is 6.92 Å². The third-order valence-corrected chi connectivity index (χ3v) is 3.49. The molecule has 2 aromatic carbocycles. The largest absolute Gasteiger partial charge is 0.478 e. The van der Waals surface area contributed by atoms with Gasteiger partial charge in [0.2, 0.25) is 0 Å². The first kappa shape index (κ1) is 19.4. The van der Waals surface area contributed by atoms with Gasteiger partial charge in [-0.1, -0.05) is 12.1 Å². The predicted molar refractivity (Wildman–Crippen MR) is 98.0 cm³/mol. The van der Waals surface area contributed by atoms with E-state index in [2.05, 4.69) is 5.32 Å². The van der Waals surface area contributed by atoms with E-state index in [1.165, 1.54) is 54.6 Å². The summed E-state index contributed by atoms with van der Waals surface area (Å²) in [6.07, 6.45) is 1.36. The fourth-order valence-corrected chi connectivity index (χ4v) is 2.14. The highest BCUT2D eigenvalue weighted by atomic mass is 16.5. The van der Waals surface area contributed by atoms with E-state index in [4.69, 9.17) is 9.84 Å². The Morgan fingerprint density at radius 2 is 1.67 bits per heavy atom. The maximum absolute atomic E-state index is 12.3. The Bertz CT molecular complexity index is 922. The molecular weight excluding hydrogens is 348 g/mol. The zero-order chi connectivity index (χ0) is 19.8. The van der Waals surface area contributed by atoms with Crippen LogP contribution < -0.4 is 5.32 Å². The zero-order valence-electron chi connectivity index (χ0n) is 14.4. The molecule has 0 aromatic heterocycles. The summed E-state index contributed by atoms with van der Waals surface area (Å²) in [6.45, 7) is 1.97. The fourth-order valence-electron chi connectivity index (χ4n) is 2.14. The average Bonchev–Trinajstić information content (AvgIpc) is 2.67. The minimum absolute atomic E-state index is 0.108. The molecule has 0 saturated carbocycles. The van der Waals surface area contributed by atoms with Gasteiger partial charge >= 0.3 is 11.9 Å². The maximum Gasteiger partial charge on any atom is 0.338 e. The average molecular weight is 364 g/mol. The molecule has 0 aliphatic carbocycles. The zero-order valence-corrected chi connectivity index (χ0v) is 14.4. The van der Waals surface area contributed by atoms with Crippen LogP contribution in [-0.4, -0.2) is 29.6 Å². The molecule has 2 aromatic rings. The molecule has 0 fully saturated rings. The number of ether oxygens (including phenoxy) is 1. The molecule has 0 radical (unpaired) electrons. The lowest BCUT2D eigenvalue weighted by Gasteiger charge is -2.06. The number of hydrogen-bond acceptors (Lipinski definition) is 5. The fraction of sp³-hybridized carbons (Fsp3) is 0.100. The van der Waals surface area contributed by atoms with Gasteiger partial charge in [0.15, 0.2) is 0 Å². The van der Waals surface area contributed by atoms with Crippen molar-refractivity contribution in [3.63, 3.8) is 0 Å².